The van der Waals surface area contributed by atoms with Crippen molar-refractivity contribution in [2.75, 3.05) is 0 Å². The topological polar surface area (TPSA) is 0 Å². The van der Waals surface area contributed by atoms with Gasteiger partial charge in [0.25, 0.3) is 0 Å². The fourth-order valence-electron chi connectivity index (χ4n) is 7.35. The molecule has 263 valence electrons. The number of hydrogen-bond acceptors (Lipinski definition) is 0. The lowest BCUT2D eigenvalue weighted by Gasteiger charge is -2.17. The van der Waals surface area contributed by atoms with Crippen LogP contribution in [0.3, 0.4) is 0 Å². The van der Waals surface area contributed by atoms with Gasteiger partial charge in [0.05, 0.1) is 0 Å². The van der Waals surface area contributed by atoms with Gasteiger partial charge in [0.1, 0.15) is 0 Å². The van der Waals surface area contributed by atoms with E-state index in [0.717, 1.165) is 0 Å². The highest BCUT2D eigenvalue weighted by Gasteiger charge is 2.11. The average Bonchev–Trinajstić information content (AvgIpc) is 3.04. The highest BCUT2D eigenvalue weighted by atomic mass is 14.2. The van der Waals surface area contributed by atoms with Crippen LogP contribution in [0.15, 0.2) is 18.2 Å². The molecule has 0 heterocycles. The lowest BCUT2D eigenvalue weighted by Crippen LogP contribution is -2.03. The van der Waals surface area contributed by atoms with E-state index in [1.807, 2.05) is 0 Å². The van der Waals surface area contributed by atoms with Crippen molar-refractivity contribution in [3.8, 4) is 0 Å². The van der Waals surface area contributed by atoms with Crippen LogP contribution in [-0.4, -0.2) is 0 Å². The molecule has 0 N–H and O–H groups in total. The molecule has 0 spiro atoms. The molecule has 0 heteroatoms. The van der Waals surface area contributed by atoms with Gasteiger partial charge in [0, 0.05) is 0 Å². The maximum absolute atomic E-state index is 2.44. The lowest BCUT2D eigenvalue weighted by molar-refractivity contribution is 0.528. The molecule has 0 aliphatic heterocycles. The van der Waals surface area contributed by atoms with Crippen LogP contribution in [0.2, 0.25) is 0 Å². The first-order valence-corrected chi connectivity index (χ1v) is 21.1. The van der Waals surface area contributed by atoms with Crippen LogP contribution in [0.5, 0.6) is 0 Å². The Morgan fingerprint density at radius 2 is 0.644 bits per heavy atom. The van der Waals surface area contributed by atoms with Gasteiger partial charge in [-0.2, -0.15) is 0 Å². The van der Waals surface area contributed by atoms with Crippen molar-refractivity contribution in [3.05, 3.63) is 40.8 Å². The molecule has 0 amide bonds. The molecule has 0 aliphatic carbocycles. The summed E-state index contributed by atoms with van der Waals surface area (Å²) < 4.78 is 0. The molecule has 1 radical (unpaired) electrons. The molecule has 0 aliphatic rings. The van der Waals surface area contributed by atoms with E-state index in [0.29, 0.717) is 0 Å². The Labute approximate surface area is 286 Å². The standard InChI is InChI=1S/C45H83/c1-5-7-9-11-13-15-17-19-21-23-25-27-29-31-33-35-38-43-39-37-41-44(42(3)4)45(43)40-36-34-32-30-28-26-24-22-20-18-16-14-12-10-8-6-2/h37,39,41H,5-36,38,40H2,1-4H3. The van der Waals surface area contributed by atoms with Gasteiger partial charge in [-0.1, -0.05) is 239 Å². The number of rotatable bonds is 35. The van der Waals surface area contributed by atoms with Gasteiger partial charge in [-0.3, -0.25) is 0 Å². The lowest BCUT2D eigenvalue weighted by atomic mass is 9.88. The monoisotopic (exact) mass is 624 g/mol. The van der Waals surface area contributed by atoms with Crippen molar-refractivity contribution in [1.82, 2.24) is 0 Å². The molecule has 0 bridgehead atoms. The number of hydrogen-bond donors (Lipinski definition) is 0. The molecular formula is C45H83. The Kier molecular flexibility index (Phi) is 31.1. The van der Waals surface area contributed by atoms with Crippen molar-refractivity contribution in [3.63, 3.8) is 0 Å². The predicted octanol–water partition coefficient (Wildman–Crippen LogP) is 16.3. The van der Waals surface area contributed by atoms with Crippen LogP contribution in [0.1, 0.15) is 250 Å². The van der Waals surface area contributed by atoms with E-state index in [4.69, 9.17) is 0 Å². The maximum atomic E-state index is 2.44. The SMILES string of the molecule is CCCCCCCCCCCCCCCCCCc1cccc([C](C)C)c1CCCCCCCCCCCCCCCCCC. The van der Waals surface area contributed by atoms with Crippen LogP contribution in [0.4, 0.5) is 0 Å². The van der Waals surface area contributed by atoms with E-state index < -0.39 is 0 Å². The Morgan fingerprint density at radius 1 is 0.356 bits per heavy atom. The van der Waals surface area contributed by atoms with E-state index in [1.165, 1.54) is 224 Å². The molecule has 0 saturated carbocycles. The first kappa shape index (κ1) is 42.2. The predicted molar refractivity (Wildman–Crippen MR) is 207 cm³/mol. The molecule has 0 unspecified atom stereocenters. The first-order chi connectivity index (χ1) is 22.2. The van der Waals surface area contributed by atoms with Gasteiger partial charge >= 0.3 is 0 Å². The summed E-state index contributed by atoms with van der Waals surface area (Å²) in [6.07, 6.45) is 48.9. The van der Waals surface area contributed by atoms with E-state index in [1.54, 1.807) is 16.7 Å². The van der Waals surface area contributed by atoms with Crippen molar-refractivity contribution < 1.29 is 0 Å². The second kappa shape index (κ2) is 33.1. The fraction of sp³-hybridized carbons (Fsp3) is 0.844. The van der Waals surface area contributed by atoms with Crippen molar-refractivity contribution in [1.29, 1.82) is 0 Å². The Hall–Kier alpha value is -0.780. The number of unbranched alkanes of at least 4 members (excludes halogenated alkanes) is 30. The van der Waals surface area contributed by atoms with Gasteiger partial charge in [0.15, 0.2) is 0 Å². The number of benzene rings is 1. The fourth-order valence-corrected chi connectivity index (χ4v) is 7.35. The highest BCUT2D eigenvalue weighted by Crippen LogP contribution is 2.26. The van der Waals surface area contributed by atoms with Crippen molar-refractivity contribution >= 4 is 0 Å². The van der Waals surface area contributed by atoms with Crippen LogP contribution in [-0.2, 0) is 12.8 Å². The molecule has 45 heavy (non-hydrogen) atoms. The molecule has 1 aromatic rings. The third-order valence-electron chi connectivity index (χ3n) is 10.4. The summed E-state index contributed by atoms with van der Waals surface area (Å²) >= 11 is 0. The third-order valence-corrected chi connectivity index (χ3v) is 10.4. The van der Waals surface area contributed by atoms with Gasteiger partial charge in [-0.05, 0) is 48.3 Å². The van der Waals surface area contributed by atoms with Gasteiger partial charge in [-0.25, -0.2) is 0 Å². The summed E-state index contributed by atoms with van der Waals surface area (Å²) in [4.78, 5) is 0. The third kappa shape index (κ3) is 25.9. The van der Waals surface area contributed by atoms with Crippen LogP contribution < -0.4 is 0 Å². The number of aryl methyl sites for hydroxylation is 1. The van der Waals surface area contributed by atoms with Crippen molar-refractivity contribution in [2.45, 2.75) is 246 Å². The molecule has 0 atom stereocenters. The summed E-state index contributed by atoms with van der Waals surface area (Å²) in [5, 5.41) is 0. The van der Waals surface area contributed by atoms with E-state index in [9.17, 15) is 0 Å². The zero-order chi connectivity index (χ0) is 32.5. The summed E-state index contributed by atoms with van der Waals surface area (Å²) in [5.74, 6) is 1.50. The maximum Gasteiger partial charge on any atom is -0.000912 e. The molecule has 0 aromatic heterocycles. The quantitative estimate of drug-likeness (QED) is 0.0660. The Bertz CT molecular complexity index is 715. The zero-order valence-electron chi connectivity index (χ0n) is 31.8. The molecule has 0 fully saturated rings. The smallest absolute Gasteiger partial charge is 0.000912 e. The normalized spacial score (nSPS) is 11.7. The van der Waals surface area contributed by atoms with E-state index in [2.05, 4.69) is 45.9 Å². The molecule has 1 aromatic carbocycles. The molecule has 1 rings (SSSR count). The van der Waals surface area contributed by atoms with E-state index in [-0.39, 0.29) is 0 Å². The Balaban J connectivity index is 2.07. The average molecular weight is 624 g/mol. The van der Waals surface area contributed by atoms with E-state index >= 15 is 0 Å². The molecular weight excluding hydrogens is 540 g/mol. The van der Waals surface area contributed by atoms with Gasteiger partial charge in [0.2, 0.25) is 0 Å². The minimum atomic E-state index is 1.29. The van der Waals surface area contributed by atoms with Crippen LogP contribution >= 0.6 is 0 Å². The van der Waals surface area contributed by atoms with Crippen LogP contribution in [0.25, 0.3) is 0 Å². The van der Waals surface area contributed by atoms with Crippen molar-refractivity contribution in [2.24, 2.45) is 0 Å². The van der Waals surface area contributed by atoms with Crippen LogP contribution in [0, 0.1) is 5.92 Å². The Morgan fingerprint density at radius 3 is 0.956 bits per heavy atom. The zero-order valence-corrected chi connectivity index (χ0v) is 31.8. The summed E-state index contributed by atoms with van der Waals surface area (Å²) in [6.45, 7) is 9.24. The minimum absolute atomic E-state index is 1.29. The molecule has 0 saturated heterocycles. The highest BCUT2D eigenvalue weighted by molar-refractivity contribution is 5.42. The molecule has 0 nitrogen and oxygen atoms in total. The summed E-state index contributed by atoms with van der Waals surface area (Å²) in [6, 6.07) is 7.15. The second-order valence-electron chi connectivity index (χ2n) is 15.0. The summed E-state index contributed by atoms with van der Waals surface area (Å²) in [5.41, 5.74) is 4.88. The van der Waals surface area contributed by atoms with Gasteiger partial charge < -0.3 is 0 Å². The first-order valence-electron chi connectivity index (χ1n) is 21.1. The van der Waals surface area contributed by atoms with Gasteiger partial charge in [-0.15, -0.1) is 0 Å². The second-order valence-corrected chi connectivity index (χ2v) is 15.0. The minimum Gasteiger partial charge on any atom is -0.0654 e. The largest absolute Gasteiger partial charge is 0.0654 e. The summed E-state index contributed by atoms with van der Waals surface area (Å²) in [7, 11) is 0.